The van der Waals surface area contributed by atoms with Crippen molar-refractivity contribution in [3.63, 3.8) is 0 Å². The third-order valence-electron chi connectivity index (χ3n) is 3.37. The van der Waals surface area contributed by atoms with Crippen molar-refractivity contribution in [1.82, 2.24) is 10.6 Å². The Morgan fingerprint density at radius 3 is 2.76 bits per heavy atom. The lowest BCUT2D eigenvalue weighted by molar-refractivity contribution is -0.133. The standard InChI is InChI=1S/C12H20N2O3/c15-11(8-17-9-4-1-2-5-9)14-10-6-3-7-13-12(10)16/h9-10H,1-8H2,(H,13,16)(H,14,15). The molecule has 5 heteroatoms. The van der Waals surface area contributed by atoms with Crippen LogP contribution < -0.4 is 10.6 Å². The largest absolute Gasteiger partial charge is 0.368 e. The molecule has 0 aromatic carbocycles. The Morgan fingerprint density at radius 2 is 2.06 bits per heavy atom. The fourth-order valence-corrected chi connectivity index (χ4v) is 2.39. The van der Waals surface area contributed by atoms with Crippen molar-refractivity contribution in [3.8, 4) is 0 Å². The van der Waals surface area contributed by atoms with Gasteiger partial charge in [0.25, 0.3) is 0 Å². The zero-order chi connectivity index (χ0) is 12.1. The lowest BCUT2D eigenvalue weighted by atomic mass is 10.1. The molecule has 1 atom stereocenters. The van der Waals surface area contributed by atoms with E-state index in [9.17, 15) is 9.59 Å². The summed E-state index contributed by atoms with van der Waals surface area (Å²) in [7, 11) is 0. The maximum absolute atomic E-state index is 11.6. The maximum Gasteiger partial charge on any atom is 0.246 e. The zero-order valence-corrected chi connectivity index (χ0v) is 10.0. The van der Waals surface area contributed by atoms with Crippen LogP contribution in [-0.4, -0.2) is 37.1 Å². The molecule has 1 saturated heterocycles. The molecule has 2 rings (SSSR count). The van der Waals surface area contributed by atoms with Crippen molar-refractivity contribution in [3.05, 3.63) is 0 Å². The Morgan fingerprint density at radius 1 is 1.29 bits per heavy atom. The number of amides is 2. The molecule has 0 aromatic heterocycles. The summed E-state index contributed by atoms with van der Waals surface area (Å²) in [5.74, 6) is -0.260. The van der Waals surface area contributed by atoms with E-state index in [4.69, 9.17) is 4.74 Å². The van der Waals surface area contributed by atoms with Crippen LogP contribution in [0.25, 0.3) is 0 Å². The van der Waals surface area contributed by atoms with Gasteiger partial charge < -0.3 is 15.4 Å². The van der Waals surface area contributed by atoms with Crippen LogP contribution in [0.4, 0.5) is 0 Å². The molecule has 1 aliphatic heterocycles. The number of hydrogen-bond donors (Lipinski definition) is 2. The molecule has 0 radical (unpaired) electrons. The second-order valence-corrected chi connectivity index (χ2v) is 4.77. The van der Waals surface area contributed by atoms with Crippen molar-refractivity contribution >= 4 is 11.8 Å². The fourth-order valence-electron chi connectivity index (χ4n) is 2.39. The normalized spacial score (nSPS) is 25.6. The number of nitrogens with one attached hydrogen (secondary N) is 2. The smallest absolute Gasteiger partial charge is 0.246 e. The highest BCUT2D eigenvalue weighted by atomic mass is 16.5. The predicted molar refractivity (Wildman–Crippen MR) is 62.4 cm³/mol. The Balaban J connectivity index is 1.67. The van der Waals surface area contributed by atoms with Gasteiger partial charge in [0.2, 0.25) is 11.8 Å². The number of carbonyl (C=O) groups excluding carboxylic acids is 2. The van der Waals surface area contributed by atoms with Gasteiger partial charge in [-0.05, 0) is 25.7 Å². The first-order valence-electron chi connectivity index (χ1n) is 6.44. The average Bonchev–Trinajstić information content (AvgIpc) is 2.82. The molecule has 1 heterocycles. The van der Waals surface area contributed by atoms with Crippen LogP contribution >= 0.6 is 0 Å². The Labute approximate surface area is 101 Å². The number of ether oxygens (including phenoxy) is 1. The van der Waals surface area contributed by atoms with Gasteiger partial charge in [0.05, 0.1) is 6.10 Å². The number of piperidine rings is 1. The molecule has 2 aliphatic rings. The van der Waals surface area contributed by atoms with Gasteiger partial charge in [-0.15, -0.1) is 0 Å². The van der Waals surface area contributed by atoms with Gasteiger partial charge in [-0.1, -0.05) is 12.8 Å². The second kappa shape index (κ2) is 6.00. The summed E-state index contributed by atoms with van der Waals surface area (Å²) in [5, 5.41) is 5.46. The number of carbonyl (C=O) groups is 2. The van der Waals surface area contributed by atoms with Crippen molar-refractivity contribution in [2.45, 2.75) is 50.7 Å². The van der Waals surface area contributed by atoms with Crippen molar-refractivity contribution in [2.24, 2.45) is 0 Å². The van der Waals surface area contributed by atoms with E-state index in [0.717, 1.165) is 25.7 Å². The van der Waals surface area contributed by atoms with E-state index < -0.39 is 0 Å². The molecule has 0 bridgehead atoms. The van der Waals surface area contributed by atoms with E-state index in [1.54, 1.807) is 0 Å². The van der Waals surface area contributed by atoms with E-state index in [1.165, 1.54) is 12.8 Å². The first kappa shape index (κ1) is 12.4. The van der Waals surface area contributed by atoms with Crippen molar-refractivity contribution < 1.29 is 14.3 Å². The van der Waals surface area contributed by atoms with Gasteiger partial charge in [0.15, 0.2) is 0 Å². The first-order valence-corrected chi connectivity index (χ1v) is 6.44. The molecule has 1 unspecified atom stereocenters. The third kappa shape index (κ3) is 3.70. The summed E-state index contributed by atoms with van der Waals surface area (Å²) in [6, 6.07) is -0.372. The van der Waals surface area contributed by atoms with Gasteiger partial charge in [-0.25, -0.2) is 0 Å². The highest BCUT2D eigenvalue weighted by Gasteiger charge is 2.24. The lowest BCUT2D eigenvalue weighted by Gasteiger charge is -2.23. The van der Waals surface area contributed by atoms with Crippen molar-refractivity contribution in [1.29, 1.82) is 0 Å². The monoisotopic (exact) mass is 240 g/mol. The number of hydrogen-bond acceptors (Lipinski definition) is 3. The molecule has 2 amide bonds. The molecule has 1 aliphatic carbocycles. The minimum absolute atomic E-state index is 0.0778. The molecule has 1 saturated carbocycles. The van der Waals surface area contributed by atoms with Crippen LogP contribution in [0.1, 0.15) is 38.5 Å². The fraction of sp³-hybridized carbons (Fsp3) is 0.833. The minimum atomic E-state index is -0.372. The first-order chi connectivity index (χ1) is 8.25. The van der Waals surface area contributed by atoms with Crippen LogP contribution in [0.2, 0.25) is 0 Å². The SMILES string of the molecule is O=C(COC1CCCC1)NC1CCCNC1=O. The van der Waals surface area contributed by atoms with Gasteiger partial charge in [-0.2, -0.15) is 0 Å². The van der Waals surface area contributed by atoms with E-state index >= 15 is 0 Å². The van der Waals surface area contributed by atoms with Crippen LogP contribution in [0.15, 0.2) is 0 Å². The van der Waals surface area contributed by atoms with Crippen LogP contribution in [0, 0.1) is 0 Å². The molecule has 96 valence electrons. The summed E-state index contributed by atoms with van der Waals surface area (Å²) in [5.41, 5.74) is 0. The van der Waals surface area contributed by atoms with Gasteiger partial charge in [-0.3, -0.25) is 9.59 Å². The second-order valence-electron chi connectivity index (χ2n) is 4.77. The molecule has 5 nitrogen and oxygen atoms in total. The van der Waals surface area contributed by atoms with Crippen molar-refractivity contribution in [2.75, 3.05) is 13.2 Å². The summed E-state index contributed by atoms with van der Waals surface area (Å²) < 4.78 is 5.50. The predicted octanol–water partition coefficient (Wildman–Crippen LogP) is 0.340. The molecular formula is C12H20N2O3. The van der Waals surface area contributed by atoms with Gasteiger partial charge >= 0.3 is 0 Å². The van der Waals surface area contributed by atoms with E-state index in [2.05, 4.69) is 10.6 Å². The molecule has 0 spiro atoms. The third-order valence-corrected chi connectivity index (χ3v) is 3.37. The molecule has 2 N–H and O–H groups in total. The van der Waals surface area contributed by atoms with E-state index in [0.29, 0.717) is 6.54 Å². The highest BCUT2D eigenvalue weighted by molar-refractivity contribution is 5.88. The zero-order valence-electron chi connectivity index (χ0n) is 10.0. The molecule has 2 fully saturated rings. The summed E-state index contributed by atoms with van der Waals surface area (Å²) in [6.07, 6.45) is 6.37. The van der Waals surface area contributed by atoms with Gasteiger partial charge in [0, 0.05) is 6.54 Å². The van der Waals surface area contributed by atoms with Crippen LogP contribution in [0.3, 0.4) is 0 Å². The van der Waals surface area contributed by atoms with Crippen LogP contribution in [0.5, 0.6) is 0 Å². The molecule has 0 aromatic rings. The number of rotatable bonds is 4. The highest BCUT2D eigenvalue weighted by Crippen LogP contribution is 2.20. The van der Waals surface area contributed by atoms with E-state index in [-0.39, 0.29) is 30.6 Å². The summed E-state index contributed by atoms with van der Waals surface area (Å²) in [4.78, 5) is 23.0. The Kier molecular flexibility index (Phi) is 4.36. The molecule has 17 heavy (non-hydrogen) atoms. The summed E-state index contributed by atoms with van der Waals surface area (Å²) >= 11 is 0. The van der Waals surface area contributed by atoms with E-state index in [1.807, 2.05) is 0 Å². The lowest BCUT2D eigenvalue weighted by Crippen LogP contribution is -2.51. The quantitative estimate of drug-likeness (QED) is 0.744. The van der Waals surface area contributed by atoms with Crippen LogP contribution in [-0.2, 0) is 14.3 Å². The maximum atomic E-state index is 11.6. The Bertz CT molecular complexity index is 287. The molecular weight excluding hydrogens is 220 g/mol. The topological polar surface area (TPSA) is 67.4 Å². The minimum Gasteiger partial charge on any atom is -0.368 e. The summed E-state index contributed by atoms with van der Waals surface area (Å²) in [6.45, 7) is 0.790. The van der Waals surface area contributed by atoms with Gasteiger partial charge in [0.1, 0.15) is 12.6 Å². The average molecular weight is 240 g/mol. The Hall–Kier alpha value is -1.10.